The average Bonchev–Trinajstić information content (AvgIpc) is 2.80. The minimum Gasteiger partial charge on any atom is -0.497 e. The van der Waals surface area contributed by atoms with Gasteiger partial charge in [-0.25, -0.2) is 0 Å². The van der Waals surface area contributed by atoms with Crippen LogP contribution >= 0.6 is 0 Å². The number of methoxy groups -OCH3 is 1. The third-order valence-electron chi connectivity index (χ3n) is 2.84. The van der Waals surface area contributed by atoms with Crippen LogP contribution in [0, 0.1) is 20.8 Å². The molecule has 1 heterocycles. The lowest BCUT2D eigenvalue weighted by atomic mass is 10.1. The number of carbonyl (C=O) groups excluding carboxylic acids is 1. The molecule has 5 nitrogen and oxygen atoms in total. The third-order valence-corrected chi connectivity index (χ3v) is 2.84. The summed E-state index contributed by atoms with van der Waals surface area (Å²) in [6.07, 6.45) is 0. The van der Waals surface area contributed by atoms with Crippen LogP contribution in [0.3, 0.4) is 0 Å². The number of hydrogen-bond donors (Lipinski definition) is 1. The van der Waals surface area contributed by atoms with Crippen LogP contribution in [-0.4, -0.2) is 18.2 Å². The number of aromatic nitrogens is 1. The molecule has 0 atom stereocenters. The molecule has 0 spiro atoms. The number of benzene rings is 1. The average molecular weight is 260 g/mol. The van der Waals surface area contributed by atoms with E-state index in [1.807, 2.05) is 26.0 Å². The van der Waals surface area contributed by atoms with E-state index in [9.17, 15) is 4.79 Å². The predicted octanol–water partition coefficient (Wildman–Crippen LogP) is 2.86. The standard InChI is InChI=1S/C14H16N2O3/c1-8-5-11(18-4)6-9(2)13(8)15-14(17)12-7-10(3)19-16-12/h5-7H,1-4H3,(H,15,17). The molecule has 1 amide bonds. The Morgan fingerprint density at radius 2 is 1.84 bits per heavy atom. The van der Waals surface area contributed by atoms with Crippen molar-refractivity contribution in [1.29, 1.82) is 0 Å². The van der Waals surface area contributed by atoms with Crippen LogP contribution in [0.15, 0.2) is 22.7 Å². The first-order valence-corrected chi connectivity index (χ1v) is 5.91. The molecule has 0 saturated heterocycles. The molecule has 1 aromatic carbocycles. The maximum Gasteiger partial charge on any atom is 0.277 e. The van der Waals surface area contributed by atoms with Gasteiger partial charge in [-0.15, -0.1) is 0 Å². The Morgan fingerprint density at radius 3 is 2.32 bits per heavy atom. The predicted molar refractivity (Wildman–Crippen MR) is 71.7 cm³/mol. The maximum absolute atomic E-state index is 12.0. The second-order valence-electron chi connectivity index (χ2n) is 4.41. The Bertz CT molecular complexity index is 594. The Balaban J connectivity index is 2.26. The molecule has 0 aliphatic heterocycles. The second kappa shape index (κ2) is 5.14. The number of carbonyl (C=O) groups is 1. The van der Waals surface area contributed by atoms with Crippen LogP contribution in [-0.2, 0) is 0 Å². The number of aryl methyl sites for hydroxylation is 3. The van der Waals surface area contributed by atoms with Crippen LogP contribution in [0.1, 0.15) is 27.4 Å². The van der Waals surface area contributed by atoms with Gasteiger partial charge in [-0.3, -0.25) is 4.79 Å². The summed E-state index contributed by atoms with van der Waals surface area (Å²) >= 11 is 0. The first kappa shape index (κ1) is 13.1. The zero-order chi connectivity index (χ0) is 14.0. The number of nitrogens with one attached hydrogen (secondary N) is 1. The molecule has 1 N–H and O–H groups in total. The normalized spacial score (nSPS) is 10.3. The van der Waals surface area contributed by atoms with Crippen molar-refractivity contribution in [1.82, 2.24) is 5.16 Å². The topological polar surface area (TPSA) is 64.4 Å². The van der Waals surface area contributed by atoms with Crippen molar-refractivity contribution in [3.63, 3.8) is 0 Å². The molecule has 19 heavy (non-hydrogen) atoms. The van der Waals surface area contributed by atoms with Crippen molar-refractivity contribution in [3.8, 4) is 5.75 Å². The highest BCUT2D eigenvalue weighted by Crippen LogP contribution is 2.26. The van der Waals surface area contributed by atoms with E-state index >= 15 is 0 Å². The molecule has 100 valence electrons. The van der Waals surface area contributed by atoms with E-state index in [1.54, 1.807) is 20.1 Å². The molecule has 0 aliphatic rings. The highest BCUT2D eigenvalue weighted by molar-refractivity contribution is 6.03. The molecule has 0 aliphatic carbocycles. The van der Waals surface area contributed by atoms with Crippen LogP contribution < -0.4 is 10.1 Å². The number of nitrogens with zero attached hydrogens (tertiary/aromatic N) is 1. The molecule has 1 aromatic heterocycles. The molecule has 0 fully saturated rings. The van der Waals surface area contributed by atoms with Gasteiger partial charge < -0.3 is 14.6 Å². The van der Waals surface area contributed by atoms with Crippen molar-refractivity contribution < 1.29 is 14.1 Å². The van der Waals surface area contributed by atoms with E-state index in [2.05, 4.69) is 10.5 Å². The number of rotatable bonds is 3. The Hall–Kier alpha value is -2.30. The molecule has 5 heteroatoms. The third kappa shape index (κ3) is 2.76. The first-order chi connectivity index (χ1) is 9.01. The summed E-state index contributed by atoms with van der Waals surface area (Å²) in [7, 11) is 1.62. The Morgan fingerprint density at radius 1 is 1.21 bits per heavy atom. The number of ether oxygens (including phenoxy) is 1. The fraction of sp³-hybridized carbons (Fsp3) is 0.286. The highest BCUT2D eigenvalue weighted by atomic mass is 16.5. The summed E-state index contributed by atoms with van der Waals surface area (Å²) in [5.41, 5.74) is 2.91. The van der Waals surface area contributed by atoms with Crippen molar-refractivity contribution in [3.05, 3.63) is 40.8 Å². The van der Waals surface area contributed by atoms with Crippen molar-refractivity contribution >= 4 is 11.6 Å². The van der Waals surface area contributed by atoms with Gasteiger partial charge in [0.25, 0.3) is 5.91 Å². The van der Waals surface area contributed by atoms with Crippen LogP contribution in [0.4, 0.5) is 5.69 Å². The van der Waals surface area contributed by atoms with Crippen LogP contribution in [0.25, 0.3) is 0 Å². The van der Waals surface area contributed by atoms with Crippen LogP contribution in [0.5, 0.6) is 5.75 Å². The number of hydrogen-bond acceptors (Lipinski definition) is 4. The summed E-state index contributed by atoms with van der Waals surface area (Å²) < 4.78 is 10.1. The van der Waals surface area contributed by atoms with Crippen molar-refractivity contribution in [2.24, 2.45) is 0 Å². The molecule has 2 rings (SSSR count). The van der Waals surface area contributed by atoms with Gasteiger partial charge >= 0.3 is 0 Å². The van der Waals surface area contributed by atoms with Gasteiger partial charge in [0.2, 0.25) is 0 Å². The highest BCUT2D eigenvalue weighted by Gasteiger charge is 2.14. The minimum atomic E-state index is -0.284. The fourth-order valence-corrected chi connectivity index (χ4v) is 1.89. The van der Waals surface area contributed by atoms with Crippen molar-refractivity contribution in [2.75, 3.05) is 12.4 Å². The van der Waals surface area contributed by atoms with Gasteiger partial charge in [0.15, 0.2) is 5.69 Å². The van der Waals surface area contributed by atoms with Crippen molar-refractivity contribution in [2.45, 2.75) is 20.8 Å². The molecular formula is C14H16N2O3. The van der Waals surface area contributed by atoms with Gasteiger partial charge in [-0.1, -0.05) is 5.16 Å². The zero-order valence-electron chi connectivity index (χ0n) is 11.4. The van der Waals surface area contributed by atoms with Crippen LogP contribution in [0.2, 0.25) is 0 Å². The Labute approximate surface area is 111 Å². The monoisotopic (exact) mass is 260 g/mol. The summed E-state index contributed by atoms with van der Waals surface area (Å²) in [5, 5.41) is 6.54. The summed E-state index contributed by atoms with van der Waals surface area (Å²) in [5.74, 6) is 1.09. The lowest BCUT2D eigenvalue weighted by Crippen LogP contribution is -2.14. The van der Waals surface area contributed by atoms with E-state index in [0.717, 1.165) is 22.6 Å². The summed E-state index contributed by atoms with van der Waals surface area (Å²) in [4.78, 5) is 12.0. The van der Waals surface area contributed by atoms with E-state index in [4.69, 9.17) is 9.26 Å². The zero-order valence-corrected chi connectivity index (χ0v) is 11.4. The van der Waals surface area contributed by atoms with E-state index in [1.165, 1.54) is 0 Å². The maximum atomic E-state index is 12.0. The molecule has 0 radical (unpaired) electrons. The molecule has 0 bridgehead atoms. The number of anilines is 1. The summed E-state index contributed by atoms with van der Waals surface area (Å²) in [6.45, 7) is 5.58. The lowest BCUT2D eigenvalue weighted by Gasteiger charge is -2.12. The van der Waals surface area contributed by atoms with Gasteiger partial charge in [-0.05, 0) is 44.0 Å². The SMILES string of the molecule is COc1cc(C)c(NC(=O)c2cc(C)on2)c(C)c1. The van der Waals surface area contributed by atoms with Gasteiger partial charge in [-0.2, -0.15) is 0 Å². The number of amides is 1. The lowest BCUT2D eigenvalue weighted by molar-refractivity contribution is 0.101. The second-order valence-corrected chi connectivity index (χ2v) is 4.41. The van der Waals surface area contributed by atoms with Gasteiger partial charge in [0.05, 0.1) is 7.11 Å². The van der Waals surface area contributed by atoms with E-state index < -0.39 is 0 Å². The quantitative estimate of drug-likeness (QED) is 0.921. The minimum absolute atomic E-state index is 0.270. The molecule has 2 aromatic rings. The van der Waals surface area contributed by atoms with Gasteiger partial charge in [0, 0.05) is 11.8 Å². The molecule has 0 unspecified atom stereocenters. The molecule has 0 saturated carbocycles. The summed E-state index contributed by atoms with van der Waals surface area (Å²) in [6, 6.07) is 5.34. The van der Waals surface area contributed by atoms with Gasteiger partial charge in [0.1, 0.15) is 11.5 Å². The smallest absolute Gasteiger partial charge is 0.277 e. The van der Waals surface area contributed by atoms with E-state index in [-0.39, 0.29) is 11.6 Å². The Kier molecular flexibility index (Phi) is 3.55. The van der Waals surface area contributed by atoms with E-state index in [0.29, 0.717) is 5.76 Å². The largest absolute Gasteiger partial charge is 0.497 e. The first-order valence-electron chi connectivity index (χ1n) is 5.91. The molecular weight excluding hydrogens is 244 g/mol. The fourth-order valence-electron chi connectivity index (χ4n) is 1.89.